The van der Waals surface area contributed by atoms with Crippen LogP contribution in [0.2, 0.25) is 0 Å². The molecule has 0 bridgehead atoms. The standard InChI is InChI=1S/C12H25N3O3/c1-5-18-9(7-13)6-10(16)15-12(4,8(2)3)11(14)17/h8-9H,5-7,13H2,1-4H3,(H2,14,17)(H,15,16). The SMILES string of the molecule is CCOC(CN)CC(=O)NC(C)(C(N)=O)C(C)C. The van der Waals surface area contributed by atoms with Crippen LogP contribution in [-0.2, 0) is 14.3 Å². The highest BCUT2D eigenvalue weighted by molar-refractivity contribution is 5.90. The third-order valence-electron chi connectivity index (χ3n) is 3.14. The summed E-state index contributed by atoms with van der Waals surface area (Å²) in [5, 5.41) is 2.67. The lowest BCUT2D eigenvalue weighted by Gasteiger charge is -2.32. The van der Waals surface area contributed by atoms with Gasteiger partial charge >= 0.3 is 0 Å². The molecule has 0 rings (SSSR count). The van der Waals surface area contributed by atoms with Gasteiger partial charge in [-0.3, -0.25) is 9.59 Å². The van der Waals surface area contributed by atoms with Crippen LogP contribution in [-0.4, -0.2) is 36.6 Å². The van der Waals surface area contributed by atoms with Gasteiger partial charge in [0.25, 0.3) is 0 Å². The molecular weight excluding hydrogens is 234 g/mol. The van der Waals surface area contributed by atoms with E-state index in [1.165, 1.54) is 0 Å². The number of hydrogen-bond acceptors (Lipinski definition) is 4. The van der Waals surface area contributed by atoms with Crippen LogP contribution in [0.4, 0.5) is 0 Å². The van der Waals surface area contributed by atoms with Crippen molar-refractivity contribution >= 4 is 11.8 Å². The van der Waals surface area contributed by atoms with Crippen LogP contribution in [0.5, 0.6) is 0 Å². The first kappa shape index (κ1) is 16.9. The van der Waals surface area contributed by atoms with Crippen molar-refractivity contribution in [3.05, 3.63) is 0 Å². The van der Waals surface area contributed by atoms with Crippen molar-refractivity contribution < 1.29 is 14.3 Å². The second kappa shape index (κ2) is 7.33. The summed E-state index contributed by atoms with van der Waals surface area (Å²) in [4.78, 5) is 23.3. The van der Waals surface area contributed by atoms with Crippen LogP contribution in [0, 0.1) is 5.92 Å². The molecule has 0 fully saturated rings. The molecule has 2 unspecified atom stereocenters. The van der Waals surface area contributed by atoms with Gasteiger partial charge in [-0.05, 0) is 19.8 Å². The quantitative estimate of drug-likeness (QED) is 0.559. The van der Waals surface area contributed by atoms with Crippen molar-refractivity contribution in [1.82, 2.24) is 5.32 Å². The Morgan fingerprint density at radius 3 is 2.28 bits per heavy atom. The van der Waals surface area contributed by atoms with Gasteiger partial charge in [0.2, 0.25) is 11.8 Å². The van der Waals surface area contributed by atoms with Gasteiger partial charge in [-0.1, -0.05) is 13.8 Å². The summed E-state index contributed by atoms with van der Waals surface area (Å²) in [5.41, 5.74) is 9.77. The molecule has 6 heteroatoms. The van der Waals surface area contributed by atoms with E-state index in [0.29, 0.717) is 6.61 Å². The number of nitrogens with two attached hydrogens (primary N) is 2. The van der Waals surface area contributed by atoms with E-state index < -0.39 is 11.4 Å². The van der Waals surface area contributed by atoms with Crippen LogP contribution < -0.4 is 16.8 Å². The van der Waals surface area contributed by atoms with Crippen molar-refractivity contribution in [2.24, 2.45) is 17.4 Å². The van der Waals surface area contributed by atoms with Crippen molar-refractivity contribution in [2.75, 3.05) is 13.2 Å². The monoisotopic (exact) mass is 259 g/mol. The minimum atomic E-state index is -1.05. The number of carbonyl (C=O) groups excluding carboxylic acids is 2. The zero-order valence-electron chi connectivity index (χ0n) is 11.7. The molecule has 0 aromatic heterocycles. The van der Waals surface area contributed by atoms with Gasteiger partial charge in [0, 0.05) is 13.2 Å². The number of primary amides is 1. The highest BCUT2D eigenvalue weighted by atomic mass is 16.5. The van der Waals surface area contributed by atoms with Crippen molar-refractivity contribution in [3.63, 3.8) is 0 Å². The van der Waals surface area contributed by atoms with Gasteiger partial charge in [0.05, 0.1) is 12.5 Å². The molecule has 0 radical (unpaired) electrons. The molecular formula is C12H25N3O3. The average molecular weight is 259 g/mol. The highest BCUT2D eigenvalue weighted by Crippen LogP contribution is 2.16. The summed E-state index contributed by atoms with van der Waals surface area (Å²) >= 11 is 0. The molecule has 0 aromatic carbocycles. The Hall–Kier alpha value is -1.14. The summed E-state index contributed by atoms with van der Waals surface area (Å²) in [6.45, 7) is 7.86. The number of ether oxygens (including phenoxy) is 1. The van der Waals surface area contributed by atoms with E-state index in [1.54, 1.807) is 6.92 Å². The Morgan fingerprint density at radius 1 is 1.39 bits per heavy atom. The van der Waals surface area contributed by atoms with E-state index in [1.807, 2.05) is 20.8 Å². The van der Waals surface area contributed by atoms with Gasteiger partial charge in [-0.15, -0.1) is 0 Å². The van der Waals surface area contributed by atoms with E-state index in [9.17, 15) is 9.59 Å². The first-order valence-electron chi connectivity index (χ1n) is 6.20. The molecule has 0 spiro atoms. The zero-order valence-corrected chi connectivity index (χ0v) is 11.7. The maximum absolute atomic E-state index is 11.9. The molecule has 106 valence electrons. The maximum Gasteiger partial charge on any atom is 0.243 e. The van der Waals surface area contributed by atoms with Crippen LogP contribution >= 0.6 is 0 Å². The van der Waals surface area contributed by atoms with Gasteiger partial charge in [0.15, 0.2) is 0 Å². The van der Waals surface area contributed by atoms with Crippen molar-refractivity contribution in [2.45, 2.75) is 45.8 Å². The fourth-order valence-corrected chi connectivity index (χ4v) is 1.48. The van der Waals surface area contributed by atoms with Crippen LogP contribution in [0.15, 0.2) is 0 Å². The number of amides is 2. The molecule has 18 heavy (non-hydrogen) atoms. The zero-order chi connectivity index (χ0) is 14.3. The molecule has 0 aliphatic rings. The summed E-state index contributed by atoms with van der Waals surface area (Å²) in [6, 6.07) is 0. The lowest BCUT2D eigenvalue weighted by Crippen LogP contribution is -2.59. The van der Waals surface area contributed by atoms with Crippen LogP contribution in [0.3, 0.4) is 0 Å². The lowest BCUT2D eigenvalue weighted by molar-refractivity contribution is -0.134. The molecule has 0 aliphatic carbocycles. The normalized spacial score (nSPS) is 16.1. The van der Waals surface area contributed by atoms with E-state index in [0.717, 1.165) is 0 Å². The predicted octanol–water partition coefficient (Wildman–Crippen LogP) is -0.243. The second-order valence-corrected chi connectivity index (χ2v) is 4.79. The second-order valence-electron chi connectivity index (χ2n) is 4.79. The van der Waals surface area contributed by atoms with Crippen LogP contribution in [0.25, 0.3) is 0 Å². The van der Waals surface area contributed by atoms with E-state index in [4.69, 9.17) is 16.2 Å². The fourth-order valence-electron chi connectivity index (χ4n) is 1.48. The molecule has 0 aliphatic heterocycles. The minimum absolute atomic E-state index is 0.0950. The van der Waals surface area contributed by atoms with Gasteiger partial charge in [-0.2, -0.15) is 0 Å². The van der Waals surface area contributed by atoms with Gasteiger partial charge in [-0.25, -0.2) is 0 Å². The molecule has 5 N–H and O–H groups in total. The third kappa shape index (κ3) is 4.62. The molecule has 0 heterocycles. The maximum atomic E-state index is 11.9. The minimum Gasteiger partial charge on any atom is -0.377 e. The Balaban J connectivity index is 4.57. The number of nitrogens with one attached hydrogen (secondary N) is 1. The smallest absolute Gasteiger partial charge is 0.243 e. The summed E-state index contributed by atoms with van der Waals surface area (Å²) < 4.78 is 5.30. The first-order valence-corrected chi connectivity index (χ1v) is 6.20. The van der Waals surface area contributed by atoms with E-state index >= 15 is 0 Å². The highest BCUT2D eigenvalue weighted by Gasteiger charge is 2.36. The van der Waals surface area contributed by atoms with Crippen molar-refractivity contribution in [1.29, 1.82) is 0 Å². The van der Waals surface area contributed by atoms with Crippen LogP contribution in [0.1, 0.15) is 34.1 Å². The van der Waals surface area contributed by atoms with Gasteiger partial charge < -0.3 is 21.5 Å². The predicted molar refractivity (Wildman–Crippen MR) is 69.7 cm³/mol. The molecule has 2 amide bonds. The number of carbonyl (C=O) groups is 2. The summed E-state index contributed by atoms with van der Waals surface area (Å²) in [5.74, 6) is -0.928. The number of rotatable bonds is 8. The van der Waals surface area contributed by atoms with Gasteiger partial charge in [0.1, 0.15) is 5.54 Å². The summed E-state index contributed by atoms with van der Waals surface area (Å²) in [6.07, 6.45) is -0.209. The average Bonchev–Trinajstić information content (AvgIpc) is 2.27. The molecule has 2 atom stereocenters. The third-order valence-corrected chi connectivity index (χ3v) is 3.14. The largest absolute Gasteiger partial charge is 0.377 e. The van der Waals surface area contributed by atoms with E-state index in [-0.39, 0.29) is 30.9 Å². The Morgan fingerprint density at radius 2 is 1.94 bits per heavy atom. The topological polar surface area (TPSA) is 107 Å². The lowest BCUT2D eigenvalue weighted by atomic mass is 9.87. The molecule has 6 nitrogen and oxygen atoms in total. The summed E-state index contributed by atoms with van der Waals surface area (Å²) in [7, 11) is 0. The number of hydrogen-bond donors (Lipinski definition) is 3. The Labute approximate surface area is 108 Å². The fraction of sp³-hybridized carbons (Fsp3) is 0.833. The Kier molecular flexibility index (Phi) is 6.86. The van der Waals surface area contributed by atoms with E-state index in [2.05, 4.69) is 5.32 Å². The molecule has 0 saturated carbocycles. The molecule has 0 saturated heterocycles. The first-order chi connectivity index (χ1) is 8.27. The Bertz CT molecular complexity index is 294. The van der Waals surface area contributed by atoms with Crippen molar-refractivity contribution in [3.8, 4) is 0 Å². The molecule has 0 aromatic rings.